The number of benzene rings is 1. The zero-order valence-electron chi connectivity index (χ0n) is 15.5. The van der Waals surface area contributed by atoms with Crippen molar-refractivity contribution >= 4 is 15.9 Å². The third-order valence-electron chi connectivity index (χ3n) is 4.74. The number of amides is 1. The highest BCUT2D eigenvalue weighted by Gasteiger charge is 2.34. The van der Waals surface area contributed by atoms with Crippen molar-refractivity contribution in [3.63, 3.8) is 0 Å². The minimum absolute atomic E-state index is 0.0156. The van der Waals surface area contributed by atoms with E-state index in [2.05, 4.69) is 20.5 Å². The molecule has 0 saturated carbocycles. The van der Waals surface area contributed by atoms with Gasteiger partial charge in [0, 0.05) is 45.3 Å². The van der Waals surface area contributed by atoms with E-state index in [4.69, 9.17) is 0 Å². The predicted octanol–water partition coefficient (Wildman–Crippen LogP) is 0.338. The molecule has 2 aromatic rings. The quantitative estimate of drug-likeness (QED) is 0.631. The molecule has 1 aromatic heterocycles. The predicted molar refractivity (Wildman–Crippen MR) is 101 cm³/mol. The van der Waals surface area contributed by atoms with E-state index in [9.17, 15) is 13.2 Å². The number of nitrogens with one attached hydrogen (secondary N) is 3. The fourth-order valence-electron chi connectivity index (χ4n) is 3.32. The molecule has 1 aliphatic heterocycles. The number of hydrogen-bond donors (Lipinski definition) is 3. The van der Waals surface area contributed by atoms with Crippen LogP contribution in [0.2, 0.25) is 0 Å². The van der Waals surface area contributed by atoms with Gasteiger partial charge < -0.3 is 10.6 Å². The molecule has 0 aliphatic carbocycles. The molecular formula is C18H25N5O3S. The zero-order chi connectivity index (χ0) is 19.4. The Kier molecular flexibility index (Phi) is 5.93. The van der Waals surface area contributed by atoms with Crippen LogP contribution in [0.4, 0.5) is 0 Å². The summed E-state index contributed by atoms with van der Waals surface area (Å²) in [5.41, 5.74) is 1.91. The van der Waals surface area contributed by atoms with Gasteiger partial charge in [-0.15, -0.1) is 0 Å². The van der Waals surface area contributed by atoms with Crippen LogP contribution < -0.4 is 15.4 Å². The summed E-state index contributed by atoms with van der Waals surface area (Å²) in [5.74, 6) is -0.0628. The molecule has 1 amide bonds. The van der Waals surface area contributed by atoms with Crippen molar-refractivity contribution < 1.29 is 13.2 Å². The largest absolute Gasteiger partial charge is 0.352 e. The van der Waals surface area contributed by atoms with Crippen molar-refractivity contribution in [2.75, 3.05) is 19.6 Å². The Balaban J connectivity index is 1.60. The van der Waals surface area contributed by atoms with Gasteiger partial charge in [-0.3, -0.25) is 9.48 Å². The van der Waals surface area contributed by atoms with Gasteiger partial charge >= 0.3 is 0 Å². The molecule has 0 spiro atoms. The first-order valence-corrected chi connectivity index (χ1v) is 10.4. The number of sulfonamides is 1. The van der Waals surface area contributed by atoms with Gasteiger partial charge in [0.15, 0.2) is 0 Å². The summed E-state index contributed by atoms with van der Waals surface area (Å²) < 4.78 is 28.1. The van der Waals surface area contributed by atoms with Crippen LogP contribution in [-0.4, -0.2) is 43.7 Å². The highest BCUT2D eigenvalue weighted by atomic mass is 32.2. The molecule has 3 rings (SSSR count). The summed E-state index contributed by atoms with van der Waals surface area (Å²) in [6.07, 6.45) is 3.75. The highest BCUT2D eigenvalue weighted by Crippen LogP contribution is 2.28. The van der Waals surface area contributed by atoms with Gasteiger partial charge in [-0.25, -0.2) is 13.1 Å². The lowest BCUT2D eigenvalue weighted by Gasteiger charge is -2.17. The van der Waals surface area contributed by atoms with E-state index in [-0.39, 0.29) is 22.6 Å². The van der Waals surface area contributed by atoms with Crippen molar-refractivity contribution in [2.45, 2.75) is 24.3 Å². The zero-order valence-corrected chi connectivity index (χ0v) is 16.3. The Morgan fingerprint density at radius 1 is 1.30 bits per heavy atom. The van der Waals surface area contributed by atoms with E-state index in [1.807, 2.05) is 13.2 Å². The maximum atomic E-state index is 12.6. The van der Waals surface area contributed by atoms with E-state index < -0.39 is 10.0 Å². The van der Waals surface area contributed by atoms with Crippen LogP contribution in [0.5, 0.6) is 0 Å². The summed E-state index contributed by atoms with van der Waals surface area (Å²) in [6.45, 7) is 3.81. The molecule has 1 fully saturated rings. The van der Waals surface area contributed by atoms with Gasteiger partial charge in [-0.2, -0.15) is 5.10 Å². The van der Waals surface area contributed by atoms with Crippen molar-refractivity contribution in [1.82, 2.24) is 25.1 Å². The van der Waals surface area contributed by atoms with Crippen molar-refractivity contribution in [2.24, 2.45) is 13.0 Å². The van der Waals surface area contributed by atoms with E-state index >= 15 is 0 Å². The summed E-state index contributed by atoms with van der Waals surface area (Å²) >= 11 is 0. The molecule has 0 radical (unpaired) electrons. The number of aryl methyl sites for hydroxylation is 1. The Labute approximate surface area is 159 Å². The number of rotatable bonds is 7. The van der Waals surface area contributed by atoms with Crippen molar-refractivity contribution in [3.8, 4) is 0 Å². The number of carbonyl (C=O) groups excluding carboxylic acids is 1. The molecule has 27 heavy (non-hydrogen) atoms. The second kappa shape index (κ2) is 8.20. The highest BCUT2D eigenvalue weighted by molar-refractivity contribution is 7.89. The molecule has 0 unspecified atom stereocenters. The number of nitrogens with zero attached hydrogens (tertiary/aromatic N) is 2. The normalized spacial score (nSPS) is 19.9. The smallest absolute Gasteiger partial charge is 0.240 e. The van der Waals surface area contributed by atoms with E-state index in [1.54, 1.807) is 42.1 Å². The molecule has 1 saturated heterocycles. The first kappa shape index (κ1) is 19.5. The molecule has 8 nitrogen and oxygen atoms in total. The van der Waals surface area contributed by atoms with Crippen LogP contribution >= 0.6 is 0 Å². The molecule has 9 heteroatoms. The molecule has 1 aromatic carbocycles. The van der Waals surface area contributed by atoms with Crippen LogP contribution in [0.25, 0.3) is 0 Å². The van der Waals surface area contributed by atoms with Crippen molar-refractivity contribution in [1.29, 1.82) is 0 Å². The Hall–Kier alpha value is -2.23. The Morgan fingerprint density at radius 2 is 2.04 bits per heavy atom. The topological polar surface area (TPSA) is 105 Å². The fourth-order valence-corrected chi connectivity index (χ4v) is 4.36. The van der Waals surface area contributed by atoms with Gasteiger partial charge in [0.1, 0.15) is 0 Å². The maximum absolute atomic E-state index is 12.6. The summed E-state index contributed by atoms with van der Waals surface area (Å²) in [5, 5.41) is 10.4. The molecular weight excluding hydrogens is 366 g/mol. The second-order valence-electron chi connectivity index (χ2n) is 6.68. The number of hydrogen-bond acceptors (Lipinski definition) is 5. The average Bonchev–Trinajstić information content (AvgIpc) is 3.28. The monoisotopic (exact) mass is 391 g/mol. The molecule has 0 bridgehead atoms. The van der Waals surface area contributed by atoms with Crippen LogP contribution in [0.3, 0.4) is 0 Å². The summed E-state index contributed by atoms with van der Waals surface area (Å²) in [4.78, 5) is 12.9. The fraction of sp³-hybridized carbons (Fsp3) is 0.444. The standard InChI is InChI=1S/C18H25N5O3S/c1-3-22-27(25,26)15-6-4-13(5-7-15)8-20-18(24)17-11-19-10-16(17)14-9-21-23(2)12-14/h4-7,9,12,16-17,19,22H,3,8,10-11H2,1-2H3,(H,20,24)/t16-,17+/m1/s1. The second-order valence-corrected chi connectivity index (χ2v) is 8.45. The third-order valence-corrected chi connectivity index (χ3v) is 6.30. The van der Waals surface area contributed by atoms with Gasteiger partial charge in [-0.05, 0) is 23.3 Å². The number of aromatic nitrogens is 2. The Bertz CT molecular complexity index is 892. The lowest BCUT2D eigenvalue weighted by Crippen LogP contribution is -2.34. The van der Waals surface area contributed by atoms with E-state index in [0.717, 1.165) is 17.7 Å². The minimum atomic E-state index is -3.46. The molecule has 146 valence electrons. The lowest BCUT2D eigenvalue weighted by molar-refractivity contribution is -0.125. The van der Waals surface area contributed by atoms with Crippen molar-refractivity contribution in [3.05, 3.63) is 47.8 Å². The van der Waals surface area contributed by atoms with Crippen LogP contribution in [0, 0.1) is 5.92 Å². The van der Waals surface area contributed by atoms with Crippen LogP contribution in [-0.2, 0) is 28.4 Å². The van der Waals surface area contributed by atoms with Gasteiger partial charge in [0.2, 0.25) is 15.9 Å². The molecule has 2 heterocycles. The third kappa shape index (κ3) is 4.55. The minimum Gasteiger partial charge on any atom is -0.352 e. The SMILES string of the molecule is CCNS(=O)(=O)c1ccc(CNC(=O)[C@H]2CNC[C@@H]2c2cnn(C)c2)cc1. The molecule has 3 N–H and O–H groups in total. The molecule has 2 atom stereocenters. The first-order valence-electron chi connectivity index (χ1n) is 8.96. The van der Waals surface area contributed by atoms with Crippen LogP contribution in [0.15, 0.2) is 41.6 Å². The Morgan fingerprint density at radius 3 is 2.67 bits per heavy atom. The van der Waals surface area contributed by atoms with Gasteiger partial charge in [0.05, 0.1) is 17.0 Å². The van der Waals surface area contributed by atoms with E-state index in [1.165, 1.54) is 0 Å². The van der Waals surface area contributed by atoms with Gasteiger partial charge in [-0.1, -0.05) is 19.1 Å². The average molecular weight is 391 g/mol. The van der Waals surface area contributed by atoms with Gasteiger partial charge in [0.25, 0.3) is 0 Å². The van der Waals surface area contributed by atoms with E-state index in [0.29, 0.717) is 19.6 Å². The molecule has 1 aliphatic rings. The summed E-state index contributed by atoms with van der Waals surface area (Å²) in [6, 6.07) is 6.54. The summed E-state index contributed by atoms with van der Waals surface area (Å²) in [7, 11) is -1.60. The number of carbonyl (C=O) groups is 1. The maximum Gasteiger partial charge on any atom is 0.240 e. The first-order chi connectivity index (χ1) is 12.9. The van der Waals surface area contributed by atoms with Crippen LogP contribution in [0.1, 0.15) is 24.0 Å². The lowest BCUT2D eigenvalue weighted by atomic mass is 9.90.